The standard InChI is InChI=1S/C18H33P.C17H22O3.2ClH.Ru/c1-4-10-16(11-5-1)19(17-12-6-2-7-13-17)18-14-8-3-9-15-18;1-17(2,3)13-8-7-12-11(10-18-4)9-14(19-5)16(20-6)15(12)13;;;/h16-18H,1-15H2;8-9H,10H2,1-6H3;2*1H;/q;;;;+2/p-1. The zero-order chi connectivity index (χ0) is 30.3. The van der Waals surface area contributed by atoms with E-state index in [2.05, 4.69) is 26.8 Å². The molecule has 0 aliphatic heterocycles. The second-order valence-electron chi connectivity index (χ2n) is 13.8. The van der Waals surface area contributed by atoms with Crippen LogP contribution in [-0.4, -0.2) is 42.4 Å². The van der Waals surface area contributed by atoms with E-state index in [0.717, 1.165) is 32.1 Å². The molecule has 0 spiro atoms. The van der Waals surface area contributed by atoms with Gasteiger partial charge < -0.3 is 0 Å². The van der Waals surface area contributed by atoms with E-state index in [9.17, 15) is 0 Å². The Kier molecular flexibility index (Phi) is 13.7. The van der Waals surface area contributed by atoms with Gasteiger partial charge in [-0.15, -0.1) is 0 Å². The average molecular weight is 728 g/mol. The van der Waals surface area contributed by atoms with Crippen LogP contribution in [0.2, 0.25) is 0 Å². The molecule has 4 aliphatic carbocycles. The van der Waals surface area contributed by atoms with Crippen LogP contribution in [0.1, 0.15) is 134 Å². The number of allylic oxidation sites excluding steroid dienone is 2. The van der Waals surface area contributed by atoms with Crippen LogP contribution in [0, 0.1) is 5.41 Å². The molecule has 3 fully saturated rings. The van der Waals surface area contributed by atoms with Gasteiger partial charge in [-0.05, 0) is 77.0 Å². The van der Waals surface area contributed by atoms with Crippen molar-refractivity contribution in [3.05, 3.63) is 28.8 Å². The Balaban J connectivity index is 0.000000196. The molecule has 0 N–H and O–H groups in total. The average Bonchev–Trinajstić information content (AvgIpc) is 3.42. The second kappa shape index (κ2) is 16.5. The summed E-state index contributed by atoms with van der Waals surface area (Å²) in [7, 11) is 17.7. The molecule has 0 saturated heterocycles. The van der Waals surface area contributed by atoms with E-state index < -0.39 is 13.5 Å². The summed E-state index contributed by atoms with van der Waals surface area (Å²) in [6.07, 6.45) is 25.9. The zero-order valence-electron chi connectivity index (χ0n) is 27.0. The Morgan fingerprint density at radius 1 is 0.738 bits per heavy atom. The van der Waals surface area contributed by atoms with E-state index in [1.165, 1.54) is 17.0 Å². The first kappa shape index (κ1) is 34.9. The molecule has 0 amide bonds. The van der Waals surface area contributed by atoms with Gasteiger partial charge in [-0.25, -0.2) is 0 Å². The van der Waals surface area contributed by atoms with E-state index in [1.807, 2.05) is 6.07 Å². The summed E-state index contributed by atoms with van der Waals surface area (Å²) in [5.41, 5.74) is 7.87. The fourth-order valence-electron chi connectivity index (χ4n) is 8.11. The molecular formula is C35H56Cl2O3PRu+. The number of hydrogen-bond donors (Lipinski definition) is 0. The first-order valence-electron chi connectivity index (χ1n) is 16.4. The summed E-state index contributed by atoms with van der Waals surface area (Å²) in [6, 6.07) is 1.95. The third kappa shape index (κ3) is 8.43. The molecule has 0 bridgehead atoms. The van der Waals surface area contributed by atoms with Crippen molar-refractivity contribution in [3.63, 3.8) is 0 Å². The molecule has 0 atom stereocenters. The van der Waals surface area contributed by atoms with Crippen LogP contribution >= 0.6 is 27.3 Å². The fraction of sp³-hybridized carbons (Fsp3) is 0.743. The summed E-state index contributed by atoms with van der Waals surface area (Å²) in [4.78, 5) is 0. The third-order valence-electron chi connectivity index (χ3n) is 10.0. The van der Waals surface area contributed by atoms with Gasteiger partial charge in [0, 0.05) is 7.92 Å². The number of ether oxygens (including phenoxy) is 3. The molecule has 3 nitrogen and oxygen atoms in total. The van der Waals surface area contributed by atoms with E-state index >= 15 is 0 Å². The Morgan fingerprint density at radius 2 is 1.21 bits per heavy atom. The number of benzene rings is 1. The van der Waals surface area contributed by atoms with Crippen molar-refractivity contribution in [1.82, 2.24) is 0 Å². The Bertz CT molecular complexity index is 1050. The molecule has 0 radical (unpaired) electrons. The van der Waals surface area contributed by atoms with Crippen LogP contribution in [0.25, 0.3) is 5.57 Å². The minimum atomic E-state index is -2.09. The van der Waals surface area contributed by atoms with Gasteiger partial charge in [-0.1, -0.05) is 19.3 Å². The van der Waals surface area contributed by atoms with Gasteiger partial charge in [-0.3, -0.25) is 0 Å². The van der Waals surface area contributed by atoms with Crippen molar-refractivity contribution in [1.29, 1.82) is 0 Å². The van der Waals surface area contributed by atoms with Gasteiger partial charge in [0.1, 0.15) is 0 Å². The van der Waals surface area contributed by atoms with Gasteiger partial charge in [0.05, 0.1) is 17.0 Å². The van der Waals surface area contributed by atoms with Crippen molar-refractivity contribution in [2.24, 2.45) is 5.41 Å². The van der Waals surface area contributed by atoms with Crippen LogP contribution in [0.5, 0.6) is 11.5 Å². The molecule has 3 saturated carbocycles. The molecule has 7 heteroatoms. The van der Waals surface area contributed by atoms with Crippen molar-refractivity contribution < 1.29 is 27.7 Å². The van der Waals surface area contributed by atoms with Gasteiger partial charge in [0.2, 0.25) is 0 Å². The number of fused-ring (bicyclic) bond motifs is 1. The summed E-state index contributed by atoms with van der Waals surface area (Å²) < 4.78 is 17.6. The molecule has 4 aliphatic rings. The summed E-state index contributed by atoms with van der Waals surface area (Å²) in [5, 5.41) is 0. The summed E-state index contributed by atoms with van der Waals surface area (Å²) in [6.45, 7) is 6.97. The minimum absolute atomic E-state index is 0.0465. The predicted octanol–water partition coefficient (Wildman–Crippen LogP) is 10.9. The molecule has 5 rings (SSSR count). The Morgan fingerprint density at radius 3 is 1.57 bits per heavy atom. The SMILES string of the molecule is C1CCC([PH+](C2CCCCC2)C2CCCCC2)CC1.COCc1cc(OC)c(OC)c2c1[C](=[Ru]([Cl])[Cl])C=C2C(C)(C)C. The number of hydrogen-bond acceptors (Lipinski definition) is 3. The van der Waals surface area contributed by atoms with Gasteiger partial charge >= 0.3 is 151 Å². The van der Waals surface area contributed by atoms with Crippen molar-refractivity contribution in [2.75, 3.05) is 21.3 Å². The van der Waals surface area contributed by atoms with Crippen molar-refractivity contribution >= 4 is 37.0 Å². The monoisotopic (exact) mass is 727 g/mol. The molecule has 42 heavy (non-hydrogen) atoms. The molecule has 1 aromatic carbocycles. The summed E-state index contributed by atoms with van der Waals surface area (Å²) >= 11 is -2.09. The van der Waals surface area contributed by atoms with Crippen molar-refractivity contribution in [2.45, 2.75) is 141 Å². The first-order valence-corrected chi connectivity index (χ1v) is 23.5. The predicted molar refractivity (Wildman–Crippen MR) is 182 cm³/mol. The molecule has 0 heterocycles. The zero-order valence-corrected chi connectivity index (χ0v) is 31.3. The van der Waals surface area contributed by atoms with Gasteiger partial charge in [0.15, 0.2) is 0 Å². The number of halogens is 2. The quantitative estimate of drug-likeness (QED) is 0.207. The maximum absolute atomic E-state index is 6.38. The summed E-state index contributed by atoms with van der Waals surface area (Å²) in [5.74, 6) is 1.42. The van der Waals surface area contributed by atoms with Crippen LogP contribution in [-0.2, 0) is 24.9 Å². The maximum atomic E-state index is 6.38. The van der Waals surface area contributed by atoms with E-state index in [1.54, 1.807) is 118 Å². The number of rotatable bonds is 7. The third-order valence-corrected chi connectivity index (χ3v) is 17.7. The van der Waals surface area contributed by atoms with Crippen LogP contribution in [0.15, 0.2) is 12.1 Å². The molecule has 1 aromatic rings. The molecule has 0 unspecified atom stereocenters. The van der Waals surface area contributed by atoms with Crippen LogP contribution in [0.3, 0.4) is 0 Å². The fourth-order valence-corrected chi connectivity index (χ4v) is 15.8. The molecular weight excluding hydrogens is 671 g/mol. The topological polar surface area (TPSA) is 27.7 Å². The van der Waals surface area contributed by atoms with Crippen LogP contribution < -0.4 is 9.47 Å². The van der Waals surface area contributed by atoms with Gasteiger partial charge in [-0.2, -0.15) is 0 Å². The first-order chi connectivity index (χ1) is 20.2. The Hall–Kier alpha value is 0.0234. The van der Waals surface area contributed by atoms with Gasteiger partial charge in [0.25, 0.3) is 0 Å². The van der Waals surface area contributed by atoms with E-state index in [-0.39, 0.29) is 13.3 Å². The number of methoxy groups -OCH3 is 3. The van der Waals surface area contributed by atoms with E-state index in [0.29, 0.717) is 12.4 Å². The Labute approximate surface area is 271 Å². The second-order valence-corrected chi connectivity index (χ2v) is 23.0. The molecule has 240 valence electrons. The van der Waals surface area contributed by atoms with Crippen LogP contribution in [0.4, 0.5) is 0 Å². The van der Waals surface area contributed by atoms with Crippen molar-refractivity contribution in [3.8, 4) is 11.5 Å². The molecule has 0 aromatic heterocycles. The van der Waals surface area contributed by atoms with E-state index in [4.69, 9.17) is 33.6 Å². The normalized spacial score (nSPS) is 21.0.